The van der Waals surface area contributed by atoms with Crippen LogP contribution in [-0.4, -0.2) is 63.1 Å². The third-order valence-electron chi connectivity index (χ3n) is 8.51. The van der Waals surface area contributed by atoms with Crippen molar-refractivity contribution in [3.8, 4) is 33.6 Å². The molecule has 1 fully saturated rings. The predicted molar refractivity (Wildman–Crippen MR) is 177 cm³/mol. The van der Waals surface area contributed by atoms with Crippen molar-refractivity contribution in [2.24, 2.45) is 5.92 Å². The number of nitrogens with one attached hydrogen (secondary N) is 4. The molecule has 9 nitrogen and oxygen atoms in total. The number of aromatic amines is 2. The molecule has 0 unspecified atom stereocenters. The minimum Gasteiger partial charge on any atom is -0.384 e. The van der Waals surface area contributed by atoms with E-state index in [0.29, 0.717) is 17.9 Å². The van der Waals surface area contributed by atoms with Gasteiger partial charge in [-0.1, -0.05) is 18.9 Å². The standard InChI is InChI=1S/C35H35FN8O/c1-44(2)12-11-38-26-14-23(13-25(36)17-26)28-9-10-39-34-29(28)18-32(41-34)33-30-16-22(7-8-31(30)42-43-33)24-15-27(20-37-19-24)40-35(45)21-5-3-4-6-21/h7-10,13-21,38H,3-6,11-12H2,1-2H3,(H,39,41)(H,40,45)(H,42,43). The number of fused-ring (bicyclic) bond motifs is 2. The van der Waals surface area contributed by atoms with Crippen molar-refractivity contribution in [3.63, 3.8) is 0 Å². The Morgan fingerprint density at radius 1 is 0.956 bits per heavy atom. The Morgan fingerprint density at radius 2 is 1.80 bits per heavy atom. The molecular weight excluding hydrogens is 567 g/mol. The minimum absolute atomic E-state index is 0.0702. The van der Waals surface area contributed by atoms with Crippen LogP contribution in [-0.2, 0) is 4.79 Å². The van der Waals surface area contributed by atoms with Gasteiger partial charge in [-0.05, 0) is 92.2 Å². The number of H-pyrrole nitrogens is 2. The molecule has 10 heteroatoms. The molecule has 1 amide bonds. The van der Waals surface area contributed by atoms with Crippen LogP contribution in [0, 0.1) is 11.7 Å². The van der Waals surface area contributed by atoms with Crippen LogP contribution in [0.5, 0.6) is 0 Å². The summed E-state index contributed by atoms with van der Waals surface area (Å²) >= 11 is 0. The van der Waals surface area contributed by atoms with Gasteiger partial charge in [0.05, 0.1) is 23.1 Å². The summed E-state index contributed by atoms with van der Waals surface area (Å²) in [7, 11) is 4.01. The Hall–Kier alpha value is -5.09. The summed E-state index contributed by atoms with van der Waals surface area (Å²) in [5.74, 6) is -0.151. The second-order valence-corrected chi connectivity index (χ2v) is 12.0. The number of amides is 1. The summed E-state index contributed by atoms with van der Waals surface area (Å²) in [5, 5.41) is 16.0. The Kier molecular flexibility index (Phi) is 7.72. The first-order chi connectivity index (χ1) is 21.9. The van der Waals surface area contributed by atoms with E-state index < -0.39 is 0 Å². The Balaban J connectivity index is 1.20. The van der Waals surface area contributed by atoms with Gasteiger partial charge in [0.2, 0.25) is 5.91 Å². The lowest BCUT2D eigenvalue weighted by atomic mass is 10.0. The molecule has 0 atom stereocenters. The van der Waals surface area contributed by atoms with Crippen LogP contribution in [0.1, 0.15) is 25.7 Å². The van der Waals surface area contributed by atoms with E-state index in [-0.39, 0.29) is 17.6 Å². The van der Waals surface area contributed by atoms with Crippen LogP contribution < -0.4 is 10.6 Å². The van der Waals surface area contributed by atoms with Gasteiger partial charge in [0.1, 0.15) is 17.2 Å². The zero-order valence-electron chi connectivity index (χ0n) is 25.3. The lowest BCUT2D eigenvalue weighted by Crippen LogP contribution is -2.20. The van der Waals surface area contributed by atoms with Gasteiger partial charge in [-0.25, -0.2) is 9.37 Å². The van der Waals surface area contributed by atoms with Crippen molar-refractivity contribution < 1.29 is 9.18 Å². The lowest BCUT2D eigenvalue weighted by molar-refractivity contribution is -0.119. The molecule has 1 saturated carbocycles. The molecule has 7 rings (SSSR count). The van der Waals surface area contributed by atoms with Gasteiger partial charge in [-0.2, -0.15) is 5.10 Å². The molecule has 0 bridgehead atoms. The van der Waals surface area contributed by atoms with E-state index in [0.717, 1.165) is 87.8 Å². The zero-order chi connectivity index (χ0) is 30.9. The number of hydrogen-bond donors (Lipinski definition) is 4. The summed E-state index contributed by atoms with van der Waals surface area (Å²) < 4.78 is 14.7. The van der Waals surface area contributed by atoms with Crippen LogP contribution >= 0.6 is 0 Å². The van der Waals surface area contributed by atoms with Crippen molar-refractivity contribution in [1.29, 1.82) is 0 Å². The average molecular weight is 603 g/mol. The smallest absolute Gasteiger partial charge is 0.227 e. The number of pyridine rings is 2. The Bertz CT molecular complexity index is 2010. The third kappa shape index (κ3) is 6.01. The molecule has 4 heterocycles. The number of likely N-dealkylation sites (N-methyl/N-ethyl adjacent to an activating group) is 1. The molecule has 0 saturated heterocycles. The maximum absolute atomic E-state index is 14.7. The number of anilines is 2. The van der Waals surface area contributed by atoms with E-state index in [1.807, 2.05) is 50.5 Å². The fourth-order valence-electron chi connectivity index (χ4n) is 6.17. The van der Waals surface area contributed by atoms with E-state index in [1.54, 1.807) is 24.7 Å². The van der Waals surface area contributed by atoms with Crippen molar-refractivity contribution in [2.75, 3.05) is 37.8 Å². The largest absolute Gasteiger partial charge is 0.384 e. The molecule has 4 N–H and O–H groups in total. The average Bonchev–Trinajstić information content (AvgIpc) is 3.80. The first-order valence-corrected chi connectivity index (χ1v) is 15.3. The monoisotopic (exact) mass is 602 g/mol. The highest BCUT2D eigenvalue weighted by atomic mass is 19.1. The normalized spacial score (nSPS) is 13.7. The van der Waals surface area contributed by atoms with Crippen molar-refractivity contribution in [1.82, 2.24) is 30.0 Å². The summed E-state index contributed by atoms with van der Waals surface area (Å²) in [6, 6.07) is 17.0. The van der Waals surface area contributed by atoms with Gasteiger partial charge in [0.15, 0.2) is 0 Å². The minimum atomic E-state index is -0.303. The molecule has 6 aromatic rings. The molecule has 4 aromatic heterocycles. The molecule has 0 aliphatic heterocycles. The predicted octanol–water partition coefficient (Wildman–Crippen LogP) is 7.08. The second kappa shape index (κ2) is 12.1. The van der Waals surface area contributed by atoms with Crippen LogP contribution in [0.15, 0.2) is 73.2 Å². The van der Waals surface area contributed by atoms with E-state index in [9.17, 15) is 9.18 Å². The highest BCUT2D eigenvalue weighted by Crippen LogP contribution is 2.36. The van der Waals surface area contributed by atoms with Crippen LogP contribution in [0.2, 0.25) is 0 Å². The number of halogens is 1. The molecule has 2 aromatic carbocycles. The van der Waals surface area contributed by atoms with Gasteiger partial charge in [-0.15, -0.1) is 0 Å². The number of carbonyl (C=O) groups excluding carboxylic acids is 1. The third-order valence-corrected chi connectivity index (χ3v) is 8.51. The van der Waals surface area contributed by atoms with Crippen LogP contribution in [0.4, 0.5) is 15.8 Å². The van der Waals surface area contributed by atoms with Crippen molar-refractivity contribution in [3.05, 3.63) is 79.0 Å². The van der Waals surface area contributed by atoms with Gasteiger partial charge < -0.3 is 20.5 Å². The number of carbonyl (C=O) groups is 1. The first kappa shape index (κ1) is 28.7. The molecule has 0 spiro atoms. The van der Waals surface area contributed by atoms with Crippen molar-refractivity contribution in [2.45, 2.75) is 25.7 Å². The van der Waals surface area contributed by atoms with Gasteiger partial charge in [-0.3, -0.25) is 14.9 Å². The van der Waals surface area contributed by atoms with E-state index in [4.69, 9.17) is 0 Å². The molecule has 45 heavy (non-hydrogen) atoms. The van der Waals surface area contributed by atoms with Gasteiger partial charge in [0.25, 0.3) is 0 Å². The molecule has 1 aliphatic rings. The van der Waals surface area contributed by atoms with Crippen molar-refractivity contribution >= 4 is 39.2 Å². The molecule has 228 valence electrons. The highest BCUT2D eigenvalue weighted by molar-refractivity contribution is 6.01. The number of benzene rings is 2. The van der Waals surface area contributed by atoms with E-state index in [2.05, 4.69) is 46.7 Å². The molecular formula is C35H35FN8O. The highest BCUT2D eigenvalue weighted by Gasteiger charge is 2.23. The number of aromatic nitrogens is 5. The quantitative estimate of drug-likeness (QED) is 0.141. The second-order valence-electron chi connectivity index (χ2n) is 12.0. The number of rotatable bonds is 9. The SMILES string of the molecule is CN(C)CCNc1cc(F)cc(-c2ccnc3[nH]c(-c4n[nH]c5ccc(-c6cncc(NC(=O)C7CCCC7)c6)cc45)cc23)c1. The Labute approximate surface area is 260 Å². The molecule has 1 aliphatic carbocycles. The van der Waals surface area contributed by atoms with Gasteiger partial charge in [0, 0.05) is 53.4 Å². The maximum atomic E-state index is 14.7. The van der Waals surface area contributed by atoms with Crippen LogP contribution in [0.3, 0.4) is 0 Å². The summed E-state index contributed by atoms with van der Waals surface area (Å²) in [5.41, 5.74) is 8.05. The Morgan fingerprint density at radius 3 is 2.64 bits per heavy atom. The maximum Gasteiger partial charge on any atom is 0.227 e. The van der Waals surface area contributed by atoms with Crippen LogP contribution in [0.25, 0.3) is 55.6 Å². The summed E-state index contributed by atoms with van der Waals surface area (Å²) in [6.45, 7) is 1.55. The number of nitrogens with zero attached hydrogens (tertiary/aromatic N) is 4. The van der Waals surface area contributed by atoms with E-state index >= 15 is 0 Å². The number of hydrogen-bond acceptors (Lipinski definition) is 6. The fourth-order valence-corrected chi connectivity index (χ4v) is 6.17. The zero-order valence-corrected chi connectivity index (χ0v) is 25.3. The summed E-state index contributed by atoms with van der Waals surface area (Å²) in [6.07, 6.45) is 9.33. The fraction of sp³-hybridized carbons (Fsp3) is 0.257. The van der Waals surface area contributed by atoms with E-state index in [1.165, 1.54) is 6.07 Å². The molecule has 0 radical (unpaired) electrons. The van der Waals surface area contributed by atoms with Gasteiger partial charge >= 0.3 is 0 Å². The summed E-state index contributed by atoms with van der Waals surface area (Å²) in [4.78, 5) is 27.2. The first-order valence-electron chi connectivity index (χ1n) is 15.3. The topological polar surface area (TPSA) is 115 Å². The lowest BCUT2D eigenvalue weighted by Gasteiger charge is -2.13.